The zero-order valence-corrected chi connectivity index (χ0v) is 10.3. The maximum Gasteiger partial charge on any atom is 0.186 e. The Balaban J connectivity index is 1.84. The van der Waals surface area contributed by atoms with Crippen LogP contribution >= 0.6 is 0 Å². The molecule has 1 aliphatic rings. The van der Waals surface area contributed by atoms with Crippen LogP contribution in [-0.2, 0) is 15.9 Å². The van der Waals surface area contributed by atoms with Gasteiger partial charge in [0.05, 0.1) is 19.5 Å². The van der Waals surface area contributed by atoms with E-state index in [2.05, 4.69) is 0 Å². The van der Waals surface area contributed by atoms with E-state index in [0.717, 1.165) is 5.76 Å². The van der Waals surface area contributed by atoms with Crippen molar-refractivity contribution in [3.63, 3.8) is 0 Å². The summed E-state index contributed by atoms with van der Waals surface area (Å²) in [5.41, 5.74) is 0. The minimum atomic E-state index is -1.42. The first-order valence-corrected chi connectivity index (χ1v) is 6.08. The minimum absolute atomic E-state index is 0.218. The molecule has 0 spiro atoms. The van der Waals surface area contributed by atoms with Crippen molar-refractivity contribution in [3.05, 3.63) is 24.2 Å². The first kappa shape index (κ1) is 14.4. The van der Waals surface area contributed by atoms with Crippen LogP contribution in [0.25, 0.3) is 0 Å². The normalized spacial score (nSPS) is 35.5. The number of hydrogen-bond acceptors (Lipinski definition) is 7. The molecule has 19 heavy (non-hydrogen) atoms. The van der Waals surface area contributed by atoms with Gasteiger partial charge in [-0.05, 0) is 12.1 Å². The van der Waals surface area contributed by atoms with Gasteiger partial charge in [-0.2, -0.15) is 0 Å². The highest BCUT2D eigenvalue weighted by Crippen LogP contribution is 2.22. The minimum Gasteiger partial charge on any atom is -0.469 e. The molecule has 1 aromatic heterocycles. The molecule has 0 radical (unpaired) electrons. The van der Waals surface area contributed by atoms with Crippen molar-refractivity contribution in [2.75, 3.05) is 13.2 Å². The van der Waals surface area contributed by atoms with E-state index < -0.39 is 37.3 Å². The van der Waals surface area contributed by atoms with Crippen molar-refractivity contribution in [2.24, 2.45) is 0 Å². The summed E-state index contributed by atoms with van der Waals surface area (Å²) in [6, 6.07) is 3.54. The van der Waals surface area contributed by atoms with E-state index in [0.29, 0.717) is 6.42 Å². The molecule has 2 rings (SSSR count). The topological polar surface area (TPSA) is 113 Å². The SMILES string of the molecule is OC[C@H]1O[C@@H](OCCc2ccco2)[C@H](O)[C@@H](O)[C@@H]1O. The number of ether oxygens (including phenoxy) is 2. The zero-order chi connectivity index (χ0) is 13.8. The van der Waals surface area contributed by atoms with Gasteiger partial charge in [-0.25, -0.2) is 0 Å². The van der Waals surface area contributed by atoms with Gasteiger partial charge in [0.25, 0.3) is 0 Å². The van der Waals surface area contributed by atoms with E-state index >= 15 is 0 Å². The van der Waals surface area contributed by atoms with Gasteiger partial charge < -0.3 is 34.3 Å². The Hall–Kier alpha value is -0.960. The van der Waals surface area contributed by atoms with Gasteiger partial charge >= 0.3 is 0 Å². The van der Waals surface area contributed by atoms with Crippen molar-refractivity contribution >= 4 is 0 Å². The quantitative estimate of drug-likeness (QED) is 0.524. The van der Waals surface area contributed by atoms with Crippen LogP contribution in [0, 0.1) is 0 Å². The average molecular weight is 274 g/mol. The number of hydrogen-bond donors (Lipinski definition) is 4. The molecule has 0 aliphatic carbocycles. The van der Waals surface area contributed by atoms with E-state index in [1.807, 2.05) is 0 Å². The lowest BCUT2D eigenvalue weighted by atomic mass is 9.99. The van der Waals surface area contributed by atoms with Gasteiger partial charge in [-0.3, -0.25) is 0 Å². The number of aliphatic hydroxyl groups excluding tert-OH is 4. The van der Waals surface area contributed by atoms with Gasteiger partial charge in [0.1, 0.15) is 30.2 Å². The molecule has 0 saturated carbocycles. The highest BCUT2D eigenvalue weighted by molar-refractivity contribution is 4.98. The number of furan rings is 1. The molecule has 7 heteroatoms. The first-order chi connectivity index (χ1) is 9.13. The Bertz CT molecular complexity index is 364. The Labute approximate surface area is 110 Å². The molecule has 0 aromatic carbocycles. The van der Waals surface area contributed by atoms with Crippen LogP contribution in [-0.4, -0.2) is 64.3 Å². The molecule has 1 fully saturated rings. The molecule has 4 N–H and O–H groups in total. The summed E-state index contributed by atoms with van der Waals surface area (Å²) >= 11 is 0. The summed E-state index contributed by atoms with van der Waals surface area (Å²) in [6.45, 7) is -0.251. The predicted octanol–water partition coefficient (Wildman–Crippen LogP) is -1.36. The lowest BCUT2D eigenvalue weighted by molar-refractivity contribution is -0.300. The average Bonchev–Trinajstić information content (AvgIpc) is 2.92. The maximum absolute atomic E-state index is 9.71. The lowest BCUT2D eigenvalue weighted by Crippen LogP contribution is -2.59. The molecule has 2 heterocycles. The molecular formula is C12H18O7. The molecule has 0 bridgehead atoms. The molecule has 0 unspecified atom stereocenters. The fraction of sp³-hybridized carbons (Fsp3) is 0.667. The van der Waals surface area contributed by atoms with Crippen molar-refractivity contribution in [2.45, 2.75) is 37.1 Å². The summed E-state index contributed by atoms with van der Waals surface area (Å²) in [4.78, 5) is 0. The van der Waals surface area contributed by atoms with Crippen LogP contribution in [0.2, 0.25) is 0 Å². The van der Waals surface area contributed by atoms with E-state index in [1.54, 1.807) is 18.4 Å². The van der Waals surface area contributed by atoms with Gasteiger partial charge in [-0.15, -0.1) is 0 Å². The molecule has 1 aromatic rings. The highest BCUT2D eigenvalue weighted by Gasteiger charge is 2.43. The number of rotatable bonds is 5. The van der Waals surface area contributed by atoms with Crippen LogP contribution < -0.4 is 0 Å². The molecule has 5 atom stereocenters. The van der Waals surface area contributed by atoms with Gasteiger partial charge in [0, 0.05) is 6.42 Å². The standard InChI is InChI=1S/C12H18O7/c13-6-8-9(14)10(15)11(16)12(19-8)18-5-3-7-2-1-4-17-7/h1-2,4,8-16H,3,5-6H2/t8-,9-,10+,11-,12-/m1/s1. The molecule has 1 saturated heterocycles. The molecule has 108 valence electrons. The third-order valence-electron chi connectivity index (χ3n) is 3.06. The van der Waals surface area contributed by atoms with E-state index in [4.69, 9.17) is 19.0 Å². The van der Waals surface area contributed by atoms with E-state index in [9.17, 15) is 15.3 Å². The monoisotopic (exact) mass is 274 g/mol. The van der Waals surface area contributed by atoms with Crippen LogP contribution in [0.3, 0.4) is 0 Å². The second-order valence-corrected chi connectivity index (χ2v) is 4.40. The Morgan fingerprint density at radius 1 is 1.16 bits per heavy atom. The van der Waals surface area contributed by atoms with Crippen LogP contribution in [0.5, 0.6) is 0 Å². The lowest BCUT2D eigenvalue weighted by Gasteiger charge is -2.39. The Kier molecular flexibility index (Phi) is 4.92. The highest BCUT2D eigenvalue weighted by atomic mass is 16.7. The summed E-state index contributed by atoms with van der Waals surface area (Å²) < 4.78 is 15.6. The van der Waals surface area contributed by atoms with Crippen LogP contribution in [0.1, 0.15) is 5.76 Å². The fourth-order valence-electron chi connectivity index (χ4n) is 1.94. The van der Waals surface area contributed by atoms with Gasteiger partial charge in [0.15, 0.2) is 6.29 Å². The third kappa shape index (κ3) is 3.33. The van der Waals surface area contributed by atoms with Crippen LogP contribution in [0.15, 0.2) is 22.8 Å². The van der Waals surface area contributed by atoms with Crippen LogP contribution in [0.4, 0.5) is 0 Å². The Morgan fingerprint density at radius 2 is 1.95 bits per heavy atom. The summed E-state index contributed by atoms with van der Waals surface area (Å²) in [7, 11) is 0. The summed E-state index contributed by atoms with van der Waals surface area (Å²) in [6.07, 6.45) is -4.16. The van der Waals surface area contributed by atoms with Gasteiger partial charge in [0.2, 0.25) is 0 Å². The van der Waals surface area contributed by atoms with Crippen molar-refractivity contribution in [1.82, 2.24) is 0 Å². The molecule has 0 amide bonds. The second-order valence-electron chi connectivity index (χ2n) is 4.40. The number of aliphatic hydroxyl groups is 4. The molecular weight excluding hydrogens is 256 g/mol. The van der Waals surface area contributed by atoms with Gasteiger partial charge in [-0.1, -0.05) is 0 Å². The Morgan fingerprint density at radius 3 is 2.58 bits per heavy atom. The second kappa shape index (κ2) is 6.47. The molecule has 1 aliphatic heterocycles. The zero-order valence-electron chi connectivity index (χ0n) is 10.3. The van der Waals surface area contributed by atoms with Crippen molar-refractivity contribution in [3.8, 4) is 0 Å². The maximum atomic E-state index is 9.71. The van der Waals surface area contributed by atoms with Crippen molar-refractivity contribution in [1.29, 1.82) is 0 Å². The van der Waals surface area contributed by atoms with E-state index in [-0.39, 0.29) is 6.61 Å². The molecule has 7 nitrogen and oxygen atoms in total. The smallest absolute Gasteiger partial charge is 0.186 e. The summed E-state index contributed by atoms with van der Waals surface area (Å²) in [5.74, 6) is 0.726. The fourth-order valence-corrected chi connectivity index (χ4v) is 1.94. The largest absolute Gasteiger partial charge is 0.469 e. The van der Waals surface area contributed by atoms with E-state index in [1.165, 1.54) is 0 Å². The third-order valence-corrected chi connectivity index (χ3v) is 3.06. The van der Waals surface area contributed by atoms with Crippen molar-refractivity contribution < 1.29 is 34.3 Å². The first-order valence-electron chi connectivity index (χ1n) is 6.08. The predicted molar refractivity (Wildman–Crippen MR) is 62.1 cm³/mol. The summed E-state index contributed by atoms with van der Waals surface area (Å²) in [5, 5.41) is 37.9.